The number of ether oxygens (including phenoxy) is 1. The highest BCUT2D eigenvalue weighted by atomic mass is 16.6. The second-order valence-corrected chi connectivity index (χ2v) is 5.80. The first-order valence-corrected chi connectivity index (χ1v) is 8.23. The Hall–Kier alpha value is -3.10. The summed E-state index contributed by atoms with van der Waals surface area (Å²) in [5.41, 5.74) is 6.23. The summed E-state index contributed by atoms with van der Waals surface area (Å²) in [4.78, 5) is 50.4. The van der Waals surface area contributed by atoms with Crippen molar-refractivity contribution in [3.63, 3.8) is 0 Å². The minimum Gasteiger partial charge on any atom is -0.439 e. The highest BCUT2D eigenvalue weighted by Gasteiger charge is 2.31. The number of carbonyl (C=O) groups is 4. The van der Waals surface area contributed by atoms with Gasteiger partial charge in [0.2, 0.25) is 5.91 Å². The molecule has 1 aliphatic rings. The van der Waals surface area contributed by atoms with E-state index in [1.165, 1.54) is 4.90 Å². The van der Waals surface area contributed by atoms with Gasteiger partial charge >= 0.3 is 17.9 Å². The van der Waals surface area contributed by atoms with Crippen LogP contribution in [0.2, 0.25) is 0 Å². The summed E-state index contributed by atoms with van der Waals surface area (Å²) >= 11 is 0. The number of anilines is 1. The fourth-order valence-corrected chi connectivity index (χ4v) is 2.74. The topological polar surface area (TPSA) is 122 Å². The molecular formula is C17H22N4O5. The molecule has 9 nitrogen and oxygen atoms in total. The molecule has 1 aromatic carbocycles. The summed E-state index contributed by atoms with van der Waals surface area (Å²) in [6.07, 6.45) is -1.51. The molecule has 3 N–H and O–H groups in total. The highest BCUT2D eigenvalue weighted by Crippen LogP contribution is 2.30. The SMILES string of the molecule is CCNC(=O)OC1CN(C(=O)C(N)=O)CCC(=O)N(C)c2ccccc21. The fraction of sp³-hybridized carbons (Fsp3) is 0.412. The van der Waals surface area contributed by atoms with Crippen LogP contribution in [0.5, 0.6) is 0 Å². The molecule has 4 amide bonds. The summed E-state index contributed by atoms with van der Waals surface area (Å²) in [5, 5.41) is 2.53. The number of nitrogens with zero attached hydrogens (tertiary/aromatic N) is 2. The number of hydrogen-bond donors (Lipinski definition) is 2. The summed E-state index contributed by atoms with van der Waals surface area (Å²) in [5.74, 6) is -2.29. The number of carbonyl (C=O) groups excluding carboxylic acids is 4. The molecule has 0 fully saturated rings. The van der Waals surface area contributed by atoms with Gasteiger partial charge in [-0.05, 0) is 13.0 Å². The maximum absolute atomic E-state index is 12.4. The molecule has 1 heterocycles. The van der Waals surface area contributed by atoms with Crippen LogP contribution in [0.4, 0.5) is 10.5 Å². The van der Waals surface area contributed by atoms with Crippen molar-refractivity contribution >= 4 is 29.5 Å². The summed E-state index contributed by atoms with van der Waals surface area (Å²) < 4.78 is 5.46. The lowest BCUT2D eigenvalue weighted by Crippen LogP contribution is -2.44. The first-order valence-electron chi connectivity index (χ1n) is 8.23. The molecule has 2 rings (SSSR count). The van der Waals surface area contributed by atoms with Crippen LogP contribution < -0.4 is 16.0 Å². The number of nitrogens with one attached hydrogen (secondary N) is 1. The molecule has 26 heavy (non-hydrogen) atoms. The molecule has 0 aromatic heterocycles. The van der Waals surface area contributed by atoms with E-state index in [1.54, 1.807) is 38.2 Å². The van der Waals surface area contributed by atoms with Gasteiger partial charge in [-0.15, -0.1) is 0 Å². The van der Waals surface area contributed by atoms with Crippen molar-refractivity contribution in [3.05, 3.63) is 29.8 Å². The Kier molecular flexibility index (Phi) is 6.16. The smallest absolute Gasteiger partial charge is 0.407 e. The Morgan fingerprint density at radius 2 is 2.00 bits per heavy atom. The molecule has 0 saturated carbocycles. The molecule has 0 spiro atoms. The zero-order valence-corrected chi connectivity index (χ0v) is 14.7. The van der Waals surface area contributed by atoms with Gasteiger partial charge < -0.3 is 25.6 Å². The number of nitrogens with two attached hydrogens (primary N) is 1. The lowest BCUT2D eigenvalue weighted by atomic mass is 10.1. The summed E-state index contributed by atoms with van der Waals surface area (Å²) in [7, 11) is 1.61. The number of benzene rings is 1. The van der Waals surface area contributed by atoms with Crippen molar-refractivity contribution in [3.8, 4) is 0 Å². The molecule has 0 bridgehead atoms. The molecule has 1 atom stereocenters. The average molecular weight is 362 g/mol. The maximum Gasteiger partial charge on any atom is 0.407 e. The lowest BCUT2D eigenvalue weighted by molar-refractivity contribution is -0.145. The van der Waals surface area contributed by atoms with Gasteiger partial charge in [-0.1, -0.05) is 18.2 Å². The van der Waals surface area contributed by atoms with Crippen molar-refractivity contribution in [2.75, 3.05) is 31.6 Å². The Morgan fingerprint density at radius 3 is 2.65 bits per heavy atom. The highest BCUT2D eigenvalue weighted by molar-refractivity contribution is 6.34. The fourth-order valence-electron chi connectivity index (χ4n) is 2.74. The van der Waals surface area contributed by atoms with Gasteiger partial charge in [0.05, 0.1) is 12.2 Å². The van der Waals surface area contributed by atoms with E-state index < -0.39 is 24.0 Å². The van der Waals surface area contributed by atoms with E-state index in [0.717, 1.165) is 4.90 Å². The minimum atomic E-state index is -1.13. The summed E-state index contributed by atoms with van der Waals surface area (Å²) in [6.45, 7) is 2.02. The molecular weight excluding hydrogens is 340 g/mol. The Balaban J connectivity index is 2.46. The molecule has 1 aliphatic heterocycles. The van der Waals surface area contributed by atoms with Crippen LogP contribution in [0.15, 0.2) is 24.3 Å². The maximum atomic E-state index is 12.4. The number of alkyl carbamates (subject to hydrolysis) is 1. The van der Waals surface area contributed by atoms with Crippen molar-refractivity contribution in [2.45, 2.75) is 19.4 Å². The van der Waals surface area contributed by atoms with E-state index in [0.29, 0.717) is 17.8 Å². The van der Waals surface area contributed by atoms with Crippen LogP contribution >= 0.6 is 0 Å². The Labute approximate surface area is 151 Å². The van der Waals surface area contributed by atoms with Crippen LogP contribution in [-0.4, -0.2) is 55.4 Å². The first-order chi connectivity index (χ1) is 12.3. The van der Waals surface area contributed by atoms with Crippen molar-refractivity contribution in [1.29, 1.82) is 0 Å². The van der Waals surface area contributed by atoms with Gasteiger partial charge in [0.1, 0.15) is 6.10 Å². The Morgan fingerprint density at radius 1 is 1.31 bits per heavy atom. The second kappa shape index (κ2) is 8.32. The van der Waals surface area contributed by atoms with Crippen molar-refractivity contribution in [2.24, 2.45) is 5.73 Å². The van der Waals surface area contributed by atoms with E-state index in [9.17, 15) is 19.2 Å². The van der Waals surface area contributed by atoms with Gasteiger partial charge in [0, 0.05) is 32.1 Å². The van der Waals surface area contributed by atoms with Gasteiger partial charge in [0.25, 0.3) is 0 Å². The van der Waals surface area contributed by atoms with E-state index in [1.807, 2.05) is 0 Å². The third kappa shape index (κ3) is 4.29. The quantitative estimate of drug-likeness (QED) is 0.726. The van der Waals surface area contributed by atoms with Gasteiger partial charge in [-0.2, -0.15) is 0 Å². The van der Waals surface area contributed by atoms with E-state index in [2.05, 4.69) is 5.32 Å². The van der Waals surface area contributed by atoms with Crippen LogP contribution in [0.1, 0.15) is 25.0 Å². The number of rotatable bonds is 2. The molecule has 0 aliphatic carbocycles. The first kappa shape index (κ1) is 19.2. The predicted molar refractivity (Wildman–Crippen MR) is 93.1 cm³/mol. The van der Waals surface area contributed by atoms with Crippen molar-refractivity contribution < 1.29 is 23.9 Å². The Bertz CT molecular complexity index is 721. The molecule has 0 radical (unpaired) electrons. The molecule has 1 aromatic rings. The zero-order chi connectivity index (χ0) is 19.3. The third-order valence-corrected chi connectivity index (χ3v) is 4.07. The lowest BCUT2D eigenvalue weighted by Gasteiger charge is -2.27. The number of amides is 4. The predicted octanol–water partition coefficient (Wildman–Crippen LogP) is 0.154. The average Bonchev–Trinajstić information content (AvgIpc) is 2.66. The van der Waals surface area contributed by atoms with E-state index in [4.69, 9.17) is 10.5 Å². The van der Waals surface area contributed by atoms with Crippen LogP contribution in [-0.2, 0) is 19.1 Å². The third-order valence-electron chi connectivity index (χ3n) is 4.07. The molecule has 1 unspecified atom stereocenters. The van der Waals surface area contributed by atoms with E-state index in [-0.39, 0.29) is 25.4 Å². The zero-order valence-electron chi connectivity index (χ0n) is 14.7. The summed E-state index contributed by atoms with van der Waals surface area (Å²) in [6, 6.07) is 6.94. The van der Waals surface area contributed by atoms with Gasteiger partial charge in [-0.25, -0.2) is 4.79 Å². The monoisotopic (exact) mass is 362 g/mol. The van der Waals surface area contributed by atoms with Crippen LogP contribution in [0.25, 0.3) is 0 Å². The van der Waals surface area contributed by atoms with Crippen molar-refractivity contribution in [1.82, 2.24) is 10.2 Å². The molecule has 140 valence electrons. The second-order valence-electron chi connectivity index (χ2n) is 5.80. The number of fused-ring (bicyclic) bond motifs is 1. The number of para-hydroxylation sites is 1. The minimum absolute atomic E-state index is 0.00576. The number of primary amides is 1. The normalized spacial score (nSPS) is 17.5. The number of hydrogen-bond acceptors (Lipinski definition) is 5. The van der Waals surface area contributed by atoms with Crippen LogP contribution in [0, 0.1) is 0 Å². The molecule has 0 saturated heterocycles. The van der Waals surface area contributed by atoms with Crippen LogP contribution in [0.3, 0.4) is 0 Å². The largest absolute Gasteiger partial charge is 0.439 e. The van der Waals surface area contributed by atoms with E-state index >= 15 is 0 Å². The molecule has 9 heteroatoms. The van der Waals surface area contributed by atoms with Gasteiger partial charge in [-0.3, -0.25) is 14.4 Å². The van der Waals surface area contributed by atoms with Gasteiger partial charge in [0.15, 0.2) is 0 Å². The standard InChI is InChI=1S/C17H22N4O5/c1-3-19-17(25)26-13-10-21(16(24)15(18)23)9-8-14(22)20(2)12-7-5-4-6-11(12)13/h4-7,13H,3,8-10H2,1-2H3,(H2,18,23)(H,19,25).